The van der Waals surface area contributed by atoms with Crippen molar-refractivity contribution >= 4 is 5.91 Å². The van der Waals surface area contributed by atoms with Gasteiger partial charge in [-0.15, -0.1) is 0 Å². The fourth-order valence-corrected chi connectivity index (χ4v) is 3.79. The number of primary amides is 1. The standard InChI is InChI=1S/C15H29N3O2/c1-11(2)17-15(14(16)19)6-4-5-13(9-15)18-7-8-20-10-12(18)3/h11-13,17H,4-10H2,1-3H3,(H2,16,19). The monoisotopic (exact) mass is 283 g/mol. The van der Waals surface area contributed by atoms with E-state index in [1.54, 1.807) is 0 Å². The first kappa shape index (κ1) is 15.7. The number of hydrogen-bond donors (Lipinski definition) is 2. The van der Waals surface area contributed by atoms with Gasteiger partial charge in [0, 0.05) is 24.7 Å². The van der Waals surface area contributed by atoms with Gasteiger partial charge < -0.3 is 15.8 Å². The minimum absolute atomic E-state index is 0.197. The summed E-state index contributed by atoms with van der Waals surface area (Å²) in [5.41, 5.74) is 5.20. The molecule has 3 unspecified atom stereocenters. The normalized spacial score (nSPS) is 36.2. The molecule has 0 aromatic carbocycles. The van der Waals surface area contributed by atoms with Crippen molar-refractivity contribution < 1.29 is 9.53 Å². The van der Waals surface area contributed by atoms with Crippen molar-refractivity contribution in [3.05, 3.63) is 0 Å². The second-order valence-corrected chi connectivity index (χ2v) is 6.66. The number of rotatable bonds is 4. The third-order valence-electron chi connectivity index (χ3n) is 4.65. The molecule has 1 amide bonds. The Hall–Kier alpha value is -0.650. The molecular weight excluding hydrogens is 254 g/mol. The second kappa shape index (κ2) is 6.41. The van der Waals surface area contributed by atoms with Gasteiger partial charge in [-0.3, -0.25) is 9.69 Å². The molecule has 2 aliphatic rings. The van der Waals surface area contributed by atoms with Gasteiger partial charge in [0.25, 0.3) is 0 Å². The van der Waals surface area contributed by atoms with Gasteiger partial charge in [0.2, 0.25) is 5.91 Å². The van der Waals surface area contributed by atoms with E-state index in [1.165, 1.54) is 0 Å². The molecule has 0 aromatic rings. The van der Waals surface area contributed by atoms with E-state index in [2.05, 4.69) is 31.0 Å². The van der Waals surface area contributed by atoms with E-state index in [4.69, 9.17) is 10.5 Å². The zero-order valence-corrected chi connectivity index (χ0v) is 13.0. The van der Waals surface area contributed by atoms with Crippen LogP contribution in [0.2, 0.25) is 0 Å². The van der Waals surface area contributed by atoms with Crippen LogP contribution in [0.5, 0.6) is 0 Å². The topological polar surface area (TPSA) is 67.6 Å². The van der Waals surface area contributed by atoms with E-state index < -0.39 is 5.54 Å². The van der Waals surface area contributed by atoms with Crippen LogP contribution in [0.15, 0.2) is 0 Å². The fourth-order valence-electron chi connectivity index (χ4n) is 3.79. The summed E-state index contributed by atoms with van der Waals surface area (Å²) in [5, 5.41) is 3.45. The number of nitrogens with one attached hydrogen (secondary N) is 1. The lowest BCUT2D eigenvalue weighted by molar-refractivity contribution is -0.128. The molecule has 3 N–H and O–H groups in total. The number of morpholine rings is 1. The summed E-state index contributed by atoms with van der Waals surface area (Å²) in [6, 6.07) is 1.13. The quantitative estimate of drug-likeness (QED) is 0.803. The van der Waals surface area contributed by atoms with Crippen LogP contribution in [0.1, 0.15) is 46.5 Å². The van der Waals surface area contributed by atoms with Crippen molar-refractivity contribution in [3.63, 3.8) is 0 Å². The van der Waals surface area contributed by atoms with Crippen molar-refractivity contribution in [3.8, 4) is 0 Å². The first-order valence-corrected chi connectivity index (χ1v) is 7.86. The lowest BCUT2D eigenvalue weighted by Gasteiger charge is -2.47. The van der Waals surface area contributed by atoms with Crippen molar-refractivity contribution in [2.75, 3.05) is 19.8 Å². The molecule has 5 nitrogen and oxygen atoms in total. The highest BCUT2D eigenvalue weighted by molar-refractivity contribution is 5.85. The minimum Gasteiger partial charge on any atom is -0.379 e. The summed E-state index contributed by atoms with van der Waals surface area (Å²) < 4.78 is 5.52. The highest BCUT2D eigenvalue weighted by Crippen LogP contribution is 2.33. The molecule has 5 heteroatoms. The molecule has 2 fully saturated rings. The van der Waals surface area contributed by atoms with E-state index in [9.17, 15) is 4.79 Å². The molecule has 1 heterocycles. The molecule has 0 radical (unpaired) electrons. The largest absolute Gasteiger partial charge is 0.379 e. The Kier molecular flexibility index (Phi) is 5.04. The molecule has 0 spiro atoms. The first-order chi connectivity index (χ1) is 9.44. The Balaban J connectivity index is 2.10. The number of nitrogens with zero attached hydrogens (tertiary/aromatic N) is 1. The lowest BCUT2D eigenvalue weighted by Crippen LogP contribution is -2.63. The second-order valence-electron chi connectivity index (χ2n) is 6.66. The predicted octanol–water partition coefficient (Wildman–Crippen LogP) is 0.872. The summed E-state index contributed by atoms with van der Waals surface area (Å²) in [5.74, 6) is -0.197. The van der Waals surface area contributed by atoms with E-state index >= 15 is 0 Å². The Bertz CT molecular complexity index is 348. The number of ether oxygens (including phenoxy) is 1. The van der Waals surface area contributed by atoms with Crippen molar-refractivity contribution in [1.29, 1.82) is 0 Å². The van der Waals surface area contributed by atoms with E-state index in [0.717, 1.165) is 45.4 Å². The molecule has 1 saturated heterocycles. The Labute approximate surface area is 122 Å². The van der Waals surface area contributed by atoms with Crippen LogP contribution >= 0.6 is 0 Å². The summed E-state index contributed by atoms with van der Waals surface area (Å²) in [7, 11) is 0. The van der Waals surface area contributed by atoms with Gasteiger partial charge in [0.05, 0.1) is 18.8 Å². The molecule has 0 bridgehead atoms. The lowest BCUT2D eigenvalue weighted by atomic mass is 9.77. The molecule has 1 aliphatic heterocycles. The minimum atomic E-state index is -0.533. The first-order valence-electron chi connectivity index (χ1n) is 7.86. The number of carbonyl (C=O) groups is 1. The molecule has 20 heavy (non-hydrogen) atoms. The SMILES string of the molecule is CC(C)NC1(C(N)=O)CCCC(N2CCOCC2C)C1. The fraction of sp³-hybridized carbons (Fsp3) is 0.933. The smallest absolute Gasteiger partial charge is 0.237 e. The maximum atomic E-state index is 12.0. The molecule has 2 rings (SSSR count). The van der Waals surface area contributed by atoms with Gasteiger partial charge in [-0.1, -0.05) is 0 Å². The maximum Gasteiger partial charge on any atom is 0.237 e. The summed E-state index contributed by atoms with van der Waals surface area (Å²) in [6.07, 6.45) is 3.89. The molecular formula is C15H29N3O2. The Morgan fingerprint density at radius 3 is 2.85 bits per heavy atom. The van der Waals surface area contributed by atoms with Gasteiger partial charge in [-0.05, 0) is 46.5 Å². The van der Waals surface area contributed by atoms with Gasteiger partial charge >= 0.3 is 0 Å². The van der Waals surface area contributed by atoms with Crippen LogP contribution < -0.4 is 11.1 Å². The average Bonchev–Trinajstić information content (AvgIpc) is 2.38. The van der Waals surface area contributed by atoms with Gasteiger partial charge in [-0.2, -0.15) is 0 Å². The van der Waals surface area contributed by atoms with Gasteiger partial charge in [0.15, 0.2) is 0 Å². The third kappa shape index (κ3) is 3.32. The van der Waals surface area contributed by atoms with Crippen LogP contribution in [0.3, 0.4) is 0 Å². The van der Waals surface area contributed by atoms with Crippen LogP contribution in [0, 0.1) is 0 Å². The zero-order chi connectivity index (χ0) is 14.8. The van der Waals surface area contributed by atoms with Crippen molar-refractivity contribution in [2.45, 2.75) is 70.1 Å². The van der Waals surface area contributed by atoms with E-state index in [0.29, 0.717) is 12.1 Å². The van der Waals surface area contributed by atoms with Crippen LogP contribution in [-0.2, 0) is 9.53 Å². The molecule has 0 aromatic heterocycles. The Morgan fingerprint density at radius 1 is 1.50 bits per heavy atom. The Morgan fingerprint density at radius 2 is 2.25 bits per heavy atom. The number of amides is 1. The number of nitrogens with two attached hydrogens (primary N) is 1. The predicted molar refractivity (Wildman–Crippen MR) is 79.4 cm³/mol. The van der Waals surface area contributed by atoms with Crippen LogP contribution in [0.4, 0.5) is 0 Å². The number of carbonyl (C=O) groups excluding carboxylic acids is 1. The van der Waals surface area contributed by atoms with Crippen LogP contribution in [-0.4, -0.2) is 54.2 Å². The average molecular weight is 283 g/mol. The molecule has 3 atom stereocenters. The van der Waals surface area contributed by atoms with Gasteiger partial charge in [0.1, 0.15) is 0 Å². The van der Waals surface area contributed by atoms with E-state index in [-0.39, 0.29) is 11.9 Å². The van der Waals surface area contributed by atoms with Crippen LogP contribution in [0.25, 0.3) is 0 Å². The summed E-state index contributed by atoms with van der Waals surface area (Å²) >= 11 is 0. The zero-order valence-electron chi connectivity index (χ0n) is 13.0. The van der Waals surface area contributed by atoms with E-state index in [1.807, 2.05) is 0 Å². The van der Waals surface area contributed by atoms with Crippen molar-refractivity contribution in [2.24, 2.45) is 5.73 Å². The van der Waals surface area contributed by atoms with Gasteiger partial charge in [-0.25, -0.2) is 0 Å². The molecule has 1 saturated carbocycles. The molecule has 116 valence electrons. The van der Waals surface area contributed by atoms with Crippen molar-refractivity contribution in [1.82, 2.24) is 10.2 Å². The number of hydrogen-bond acceptors (Lipinski definition) is 4. The highest BCUT2D eigenvalue weighted by atomic mass is 16.5. The maximum absolute atomic E-state index is 12.0. The molecule has 1 aliphatic carbocycles. The third-order valence-corrected chi connectivity index (χ3v) is 4.65. The summed E-state index contributed by atoms with van der Waals surface area (Å²) in [6.45, 7) is 8.90. The summed E-state index contributed by atoms with van der Waals surface area (Å²) in [4.78, 5) is 14.5. The highest BCUT2D eigenvalue weighted by Gasteiger charge is 2.44.